The van der Waals surface area contributed by atoms with Gasteiger partial charge in [-0.15, -0.1) is 11.3 Å². The number of primary amides is 1. The van der Waals surface area contributed by atoms with Crippen LogP contribution in [-0.4, -0.2) is 31.9 Å². The second-order valence-electron chi connectivity index (χ2n) is 4.64. The molecule has 0 unspecified atom stereocenters. The number of thiophene rings is 1. The summed E-state index contributed by atoms with van der Waals surface area (Å²) in [5.74, 6) is -1.48. The number of carbonyl (C=O) groups is 2. The minimum Gasteiger partial charge on any atom is -0.476 e. The Morgan fingerprint density at radius 2 is 2.13 bits per heavy atom. The number of nitrogens with one attached hydrogen (secondary N) is 1. The number of nitrogens with zero attached hydrogens (tertiary/aromatic N) is 3. The number of fused-ring (bicyclic) bond motifs is 1. The fourth-order valence-electron chi connectivity index (χ4n) is 1.99. The van der Waals surface area contributed by atoms with Gasteiger partial charge in [-0.3, -0.25) is 9.78 Å². The number of anilines is 1. The molecule has 23 heavy (non-hydrogen) atoms. The first kappa shape index (κ1) is 14.9. The molecule has 0 aliphatic heterocycles. The Bertz CT molecular complexity index is 908. The Hall–Kier alpha value is -3.07. The first-order chi connectivity index (χ1) is 11.0. The molecule has 3 rings (SSSR count). The molecule has 0 radical (unpaired) electrons. The lowest BCUT2D eigenvalue weighted by Crippen LogP contribution is -2.13. The van der Waals surface area contributed by atoms with Gasteiger partial charge in [-0.2, -0.15) is 0 Å². The lowest BCUT2D eigenvalue weighted by atomic mass is 10.2. The van der Waals surface area contributed by atoms with Crippen LogP contribution in [0.4, 0.5) is 5.95 Å². The average molecular weight is 329 g/mol. The number of carbonyl (C=O) groups excluding carboxylic acids is 1. The quantitative estimate of drug-likeness (QED) is 0.646. The zero-order valence-electron chi connectivity index (χ0n) is 11.7. The predicted molar refractivity (Wildman–Crippen MR) is 84.5 cm³/mol. The number of nitrogens with two attached hydrogens (primary N) is 1. The Morgan fingerprint density at radius 3 is 2.87 bits per heavy atom. The van der Waals surface area contributed by atoms with Gasteiger partial charge < -0.3 is 16.2 Å². The van der Waals surface area contributed by atoms with Crippen molar-refractivity contribution in [3.05, 3.63) is 46.7 Å². The molecule has 0 atom stereocenters. The number of hydrogen-bond acceptors (Lipinski definition) is 7. The number of amides is 1. The second kappa shape index (κ2) is 5.97. The fraction of sp³-hybridized carbons (Fsp3) is 0.0714. The van der Waals surface area contributed by atoms with Gasteiger partial charge in [0.1, 0.15) is 0 Å². The van der Waals surface area contributed by atoms with Gasteiger partial charge in [-0.1, -0.05) is 0 Å². The minimum atomic E-state index is -1.11. The third-order valence-electron chi connectivity index (χ3n) is 3.04. The molecule has 116 valence electrons. The summed E-state index contributed by atoms with van der Waals surface area (Å²) in [5.41, 5.74) is 6.72. The molecule has 0 aromatic carbocycles. The lowest BCUT2D eigenvalue weighted by Gasteiger charge is -2.07. The summed E-state index contributed by atoms with van der Waals surface area (Å²) in [7, 11) is 0. The van der Waals surface area contributed by atoms with E-state index in [1.165, 1.54) is 17.5 Å². The molecule has 3 heterocycles. The Kier molecular flexibility index (Phi) is 3.85. The van der Waals surface area contributed by atoms with Crippen LogP contribution in [0.25, 0.3) is 10.2 Å². The molecular formula is C14H11N5O3S. The molecule has 0 saturated carbocycles. The van der Waals surface area contributed by atoms with E-state index in [-0.39, 0.29) is 18.2 Å². The summed E-state index contributed by atoms with van der Waals surface area (Å²) < 4.78 is 0.528. The summed E-state index contributed by atoms with van der Waals surface area (Å²) in [6.45, 7) is 0.281. The highest BCUT2D eigenvalue weighted by atomic mass is 32.1. The van der Waals surface area contributed by atoms with E-state index >= 15 is 0 Å². The molecule has 0 bridgehead atoms. The fourth-order valence-corrected chi connectivity index (χ4v) is 2.80. The van der Waals surface area contributed by atoms with E-state index in [4.69, 9.17) is 5.73 Å². The zero-order valence-corrected chi connectivity index (χ0v) is 12.5. The number of aromatic carboxylic acids is 1. The molecule has 4 N–H and O–H groups in total. The van der Waals surface area contributed by atoms with Crippen molar-refractivity contribution in [2.75, 3.05) is 5.32 Å². The molecule has 9 heteroatoms. The highest BCUT2D eigenvalue weighted by Crippen LogP contribution is 2.23. The summed E-state index contributed by atoms with van der Waals surface area (Å²) in [6.07, 6.45) is 2.95. The van der Waals surface area contributed by atoms with Crippen molar-refractivity contribution < 1.29 is 14.7 Å². The van der Waals surface area contributed by atoms with Crippen molar-refractivity contribution in [2.24, 2.45) is 5.73 Å². The maximum Gasteiger partial charge on any atom is 0.356 e. The van der Waals surface area contributed by atoms with E-state index in [0.717, 1.165) is 0 Å². The van der Waals surface area contributed by atoms with Crippen LogP contribution in [-0.2, 0) is 6.54 Å². The molecular weight excluding hydrogens is 318 g/mol. The van der Waals surface area contributed by atoms with Gasteiger partial charge in [0.2, 0.25) is 11.9 Å². The van der Waals surface area contributed by atoms with E-state index in [1.807, 2.05) is 0 Å². The Morgan fingerprint density at radius 1 is 1.30 bits per heavy atom. The van der Waals surface area contributed by atoms with E-state index in [2.05, 4.69) is 20.3 Å². The van der Waals surface area contributed by atoms with Crippen LogP contribution >= 0.6 is 11.3 Å². The first-order valence-electron chi connectivity index (χ1n) is 6.50. The highest BCUT2D eigenvalue weighted by Gasteiger charge is 2.15. The van der Waals surface area contributed by atoms with Crippen LogP contribution in [0.2, 0.25) is 0 Å². The molecule has 3 aromatic heterocycles. The number of hydrogen-bond donors (Lipinski definition) is 3. The van der Waals surface area contributed by atoms with Crippen molar-refractivity contribution in [3.63, 3.8) is 0 Å². The van der Waals surface area contributed by atoms with Crippen LogP contribution < -0.4 is 11.1 Å². The van der Waals surface area contributed by atoms with Crippen molar-refractivity contribution >= 4 is 39.4 Å². The van der Waals surface area contributed by atoms with E-state index < -0.39 is 11.9 Å². The smallest absolute Gasteiger partial charge is 0.356 e. The van der Waals surface area contributed by atoms with Gasteiger partial charge in [-0.25, -0.2) is 14.8 Å². The summed E-state index contributed by atoms with van der Waals surface area (Å²) >= 11 is 1.28. The molecule has 8 nitrogen and oxygen atoms in total. The van der Waals surface area contributed by atoms with Gasteiger partial charge in [0, 0.05) is 18.9 Å². The monoisotopic (exact) mass is 329 g/mol. The third-order valence-corrected chi connectivity index (χ3v) is 3.95. The standard InChI is InChI=1S/C14H11N5O3S/c15-12(20)8-3-7(4-16-6-8)5-17-14-18-9-1-2-23-11(9)10(19-14)13(21)22/h1-4,6H,5H2,(H2,15,20)(H,21,22)(H,17,18,19). The molecule has 0 spiro atoms. The molecule has 0 aliphatic carbocycles. The number of pyridine rings is 1. The predicted octanol–water partition coefficient (Wildman–Crippen LogP) is 1.50. The molecule has 0 saturated heterocycles. The van der Waals surface area contributed by atoms with E-state index in [1.54, 1.807) is 23.7 Å². The van der Waals surface area contributed by atoms with Gasteiger partial charge in [0.25, 0.3) is 0 Å². The van der Waals surface area contributed by atoms with E-state index in [0.29, 0.717) is 21.3 Å². The van der Waals surface area contributed by atoms with Crippen LogP contribution in [0.5, 0.6) is 0 Å². The van der Waals surface area contributed by atoms with E-state index in [9.17, 15) is 14.7 Å². The van der Waals surface area contributed by atoms with Crippen LogP contribution in [0.3, 0.4) is 0 Å². The largest absolute Gasteiger partial charge is 0.476 e. The van der Waals surface area contributed by atoms with Crippen molar-refractivity contribution in [2.45, 2.75) is 6.54 Å². The van der Waals surface area contributed by atoms with Gasteiger partial charge in [-0.05, 0) is 23.1 Å². The number of carboxylic acids is 1. The highest BCUT2D eigenvalue weighted by molar-refractivity contribution is 7.17. The minimum absolute atomic E-state index is 0.0449. The topological polar surface area (TPSA) is 131 Å². The van der Waals surface area contributed by atoms with Crippen LogP contribution in [0.1, 0.15) is 26.4 Å². The maximum atomic E-state index is 11.3. The molecule has 1 amide bonds. The maximum absolute atomic E-state index is 11.3. The average Bonchev–Trinajstić information content (AvgIpc) is 3.00. The summed E-state index contributed by atoms with van der Waals surface area (Å²) in [6, 6.07) is 3.33. The van der Waals surface area contributed by atoms with Crippen molar-refractivity contribution in [1.29, 1.82) is 0 Å². The Balaban J connectivity index is 1.86. The van der Waals surface area contributed by atoms with Crippen molar-refractivity contribution in [3.8, 4) is 0 Å². The van der Waals surface area contributed by atoms with Crippen LogP contribution in [0.15, 0.2) is 29.9 Å². The molecule has 0 aliphatic rings. The van der Waals surface area contributed by atoms with Crippen molar-refractivity contribution in [1.82, 2.24) is 15.0 Å². The molecule has 0 fully saturated rings. The first-order valence-corrected chi connectivity index (χ1v) is 7.38. The number of aromatic nitrogens is 3. The van der Waals surface area contributed by atoms with Gasteiger partial charge >= 0.3 is 5.97 Å². The Labute approximate surface area is 134 Å². The number of carboxylic acid groups (broad SMARTS) is 1. The van der Waals surface area contributed by atoms with Crippen LogP contribution in [0, 0.1) is 0 Å². The SMILES string of the molecule is NC(=O)c1cncc(CNc2nc(C(=O)O)c3sccc3n2)c1. The molecule has 3 aromatic rings. The summed E-state index contributed by atoms with van der Waals surface area (Å²) in [5, 5.41) is 13.9. The number of rotatable bonds is 5. The zero-order chi connectivity index (χ0) is 16.4. The summed E-state index contributed by atoms with van der Waals surface area (Å²) in [4.78, 5) is 34.6. The third kappa shape index (κ3) is 3.09. The second-order valence-corrected chi connectivity index (χ2v) is 5.55. The lowest BCUT2D eigenvalue weighted by molar-refractivity contribution is 0.0693. The normalized spacial score (nSPS) is 10.6. The van der Waals surface area contributed by atoms with Gasteiger partial charge in [0.15, 0.2) is 5.69 Å². The van der Waals surface area contributed by atoms with Gasteiger partial charge in [0.05, 0.1) is 15.8 Å².